The molecule has 0 radical (unpaired) electrons. The first-order valence-electron chi connectivity index (χ1n) is 5.14. The summed E-state index contributed by atoms with van der Waals surface area (Å²) in [6.07, 6.45) is 0. The molecule has 0 spiro atoms. The zero-order valence-electron chi connectivity index (χ0n) is 9.87. The van der Waals surface area contributed by atoms with E-state index in [1.807, 2.05) is 13.8 Å². The molecule has 0 aromatic carbocycles. The van der Waals surface area contributed by atoms with E-state index in [0.29, 0.717) is 5.56 Å². The Labute approximate surface area is 105 Å². The van der Waals surface area contributed by atoms with Crippen LogP contribution >= 0.6 is 11.6 Å². The monoisotopic (exact) mass is 255 g/mol. The van der Waals surface area contributed by atoms with Gasteiger partial charge in [0.25, 0.3) is 5.91 Å². The molecule has 0 aliphatic heterocycles. The van der Waals surface area contributed by atoms with Gasteiger partial charge in [-0.05, 0) is 18.1 Å². The van der Waals surface area contributed by atoms with E-state index < -0.39 is 5.91 Å². The summed E-state index contributed by atoms with van der Waals surface area (Å²) in [5.74, 6) is -0.602. The number of hydrogen-bond acceptors (Lipinski definition) is 3. The molecular weight excluding hydrogens is 242 g/mol. The van der Waals surface area contributed by atoms with E-state index in [1.54, 1.807) is 6.07 Å². The van der Waals surface area contributed by atoms with Crippen molar-refractivity contribution in [2.45, 2.75) is 26.7 Å². The lowest BCUT2D eigenvalue weighted by Crippen LogP contribution is -2.40. The zero-order chi connectivity index (χ0) is 13.0. The Kier molecular flexibility index (Phi) is 4.45. The van der Waals surface area contributed by atoms with E-state index in [4.69, 9.17) is 11.6 Å². The Morgan fingerprint density at radius 2 is 1.94 bits per heavy atom. The Bertz CT molecular complexity index is 446. The number of pyridine rings is 1. The van der Waals surface area contributed by atoms with Gasteiger partial charge in [-0.15, -0.1) is 0 Å². The van der Waals surface area contributed by atoms with E-state index in [-0.39, 0.29) is 17.0 Å². The van der Waals surface area contributed by atoms with Crippen LogP contribution in [0.15, 0.2) is 12.1 Å². The second kappa shape index (κ2) is 5.63. The summed E-state index contributed by atoms with van der Waals surface area (Å²) in [5.41, 5.74) is 5.57. The van der Waals surface area contributed by atoms with Gasteiger partial charge >= 0.3 is 0 Å². The summed E-state index contributed by atoms with van der Waals surface area (Å²) < 4.78 is 0. The molecule has 1 heterocycles. The first-order chi connectivity index (χ1) is 7.90. The van der Waals surface area contributed by atoms with Crippen LogP contribution in [0.25, 0.3) is 0 Å². The fourth-order valence-corrected chi connectivity index (χ4v) is 1.38. The fraction of sp³-hybridized carbons (Fsp3) is 0.364. The van der Waals surface area contributed by atoms with Crippen LogP contribution in [0.1, 0.15) is 42.7 Å². The number of nitrogens with zero attached hydrogens (tertiary/aromatic N) is 1. The number of rotatable bonds is 2. The van der Waals surface area contributed by atoms with Crippen molar-refractivity contribution in [3.8, 4) is 0 Å². The predicted octanol–water partition coefficient (Wildman–Crippen LogP) is 1.64. The molecule has 0 unspecified atom stereocenters. The highest BCUT2D eigenvalue weighted by Crippen LogP contribution is 2.17. The summed E-state index contributed by atoms with van der Waals surface area (Å²) in [6.45, 7) is 5.21. The van der Waals surface area contributed by atoms with Crippen LogP contribution in [0.5, 0.6) is 0 Å². The number of carbonyl (C=O) groups is 2. The van der Waals surface area contributed by atoms with E-state index in [1.165, 1.54) is 13.0 Å². The number of halogens is 1. The lowest BCUT2D eigenvalue weighted by atomic mass is 10.1. The van der Waals surface area contributed by atoms with Crippen LogP contribution < -0.4 is 10.9 Å². The van der Waals surface area contributed by atoms with Crippen molar-refractivity contribution in [2.24, 2.45) is 0 Å². The number of amides is 2. The van der Waals surface area contributed by atoms with Crippen molar-refractivity contribution in [1.29, 1.82) is 0 Å². The largest absolute Gasteiger partial charge is 0.274 e. The van der Waals surface area contributed by atoms with E-state index in [9.17, 15) is 9.59 Å². The van der Waals surface area contributed by atoms with Gasteiger partial charge in [0, 0.05) is 18.2 Å². The molecule has 2 amide bonds. The molecule has 5 nitrogen and oxygen atoms in total. The van der Waals surface area contributed by atoms with E-state index in [0.717, 1.165) is 5.69 Å². The maximum absolute atomic E-state index is 11.7. The second-order valence-corrected chi connectivity index (χ2v) is 4.28. The molecule has 0 bridgehead atoms. The van der Waals surface area contributed by atoms with Crippen molar-refractivity contribution in [3.05, 3.63) is 28.5 Å². The minimum absolute atomic E-state index is 0.168. The average Bonchev–Trinajstić information content (AvgIpc) is 2.24. The van der Waals surface area contributed by atoms with Crippen LogP contribution in [-0.2, 0) is 4.79 Å². The molecule has 1 aromatic heterocycles. The first kappa shape index (κ1) is 13.4. The Morgan fingerprint density at radius 1 is 1.29 bits per heavy atom. The Balaban J connectivity index is 2.90. The van der Waals surface area contributed by atoms with Crippen LogP contribution in [0.2, 0.25) is 5.15 Å². The summed E-state index contributed by atoms with van der Waals surface area (Å²) in [5, 5.41) is 0.254. The number of hydrazine groups is 1. The smallest absolute Gasteiger partial charge is 0.269 e. The fourth-order valence-electron chi connectivity index (χ4n) is 1.16. The van der Waals surface area contributed by atoms with E-state index >= 15 is 0 Å². The highest BCUT2D eigenvalue weighted by atomic mass is 35.5. The molecule has 1 aromatic rings. The maximum Gasteiger partial charge on any atom is 0.269 e. The SMILES string of the molecule is CC(=O)NNC(=O)c1cc(Cl)nc(C(C)C)c1. The third-order valence-electron chi connectivity index (χ3n) is 2.02. The predicted molar refractivity (Wildman–Crippen MR) is 64.6 cm³/mol. The van der Waals surface area contributed by atoms with Gasteiger partial charge in [0.15, 0.2) is 0 Å². The van der Waals surface area contributed by atoms with Crippen LogP contribution in [0.3, 0.4) is 0 Å². The van der Waals surface area contributed by atoms with Crippen molar-refractivity contribution in [3.63, 3.8) is 0 Å². The number of hydrogen-bond donors (Lipinski definition) is 2. The van der Waals surface area contributed by atoms with Crippen LogP contribution in [-0.4, -0.2) is 16.8 Å². The topological polar surface area (TPSA) is 71.1 Å². The van der Waals surface area contributed by atoms with Gasteiger partial charge in [-0.25, -0.2) is 4.98 Å². The molecular formula is C11H14ClN3O2. The molecule has 92 valence electrons. The summed E-state index contributed by atoms with van der Waals surface area (Å²) >= 11 is 5.82. The summed E-state index contributed by atoms with van der Waals surface area (Å²) in [4.78, 5) is 26.4. The molecule has 0 aliphatic carbocycles. The van der Waals surface area contributed by atoms with Gasteiger partial charge in [0.05, 0.1) is 0 Å². The average molecular weight is 256 g/mol. The van der Waals surface area contributed by atoms with Crippen LogP contribution in [0.4, 0.5) is 0 Å². The minimum atomic E-state index is -0.425. The molecule has 0 aliphatic rings. The third-order valence-corrected chi connectivity index (χ3v) is 2.21. The molecule has 0 atom stereocenters. The molecule has 17 heavy (non-hydrogen) atoms. The Hall–Kier alpha value is -1.62. The lowest BCUT2D eigenvalue weighted by molar-refractivity contribution is -0.119. The third kappa shape index (κ3) is 4.03. The van der Waals surface area contributed by atoms with Crippen molar-refractivity contribution in [1.82, 2.24) is 15.8 Å². The molecule has 1 rings (SSSR count). The lowest BCUT2D eigenvalue weighted by Gasteiger charge is -2.09. The minimum Gasteiger partial charge on any atom is -0.274 e. The zero-order valence-corrected chi connectivity index (χ0v) is 10.6. The molecule has 0 saturated carbocycles. The quantitative estimate of drug-likeness (QED) is 0.623. The highest BCUT2D eigenvalue weighted by molar-refractivity contribution is 6.29. The second-order valence-electron chi connectivity index (χ2n) is 3.89. The number of aromatic nitrogens is 1. The van der Waals surface area contributed by atoms with Crippen molar-refractivity contribution in [2.75, 3.05) is 0 Å². The summed E-state index contributed by atoms with van der Waals surface area (Å²) in [7, 11) is 0. The summed E-state index contributed by atoms with van der Waals surface area (Å²) in [6, 6.07) is 3.10. The molecule has 6 heteroatoms. The Morgan fingerprint density at radius 3 is 2.47 bits per heavy atom. The standard InChI is InChI=1S/C11H14ClN3O2/c1-6(2)9-4-8(5-10(12)13-9)11(17)15-14-7(3)16/h4-6H,1-3H3,(H,14,16)(H,15,17). The van der Waals surface area contributed by atoms with Gasteiger partial charge in [0.1, 0.15) is 5.15 Å². The molecule has 0 saturated heterocycles. The van der Waals surface area contributed by atoms with Gasteiger partial charge in [-0.3, -0.25) is 20.4 Å². The van der Waals surface area contributed by atoms with Gasteiger partial charge in [-0.1, -0.05) is 25.4 Å². The molecule has 2 N–H and O–H groups in total. The molecule has 0 fully saturated rings. The normalized spacial score (nSPS) is 10.2. The maximum atomic E-state index is 11.7. The van der Waals surface area contributed by atoms with Crippen molar-refractivity contribution < 1.29 is 9.59 Å². The van der Waals surface area contributed by atoms with E-state index in [2.05, 4.69) is 15.8 Å². The van der Waals surface area contributed by atoms with Crippen LogP contribution in [0, 0.1) is 0 Å². The van der Waals surface area contributed by atoms with Gasteiger partial charge in [0.2, 0.25) is 5.91 Å². The van der Waals surface area contributed by atoms with Crippen molar-refractivity contribution >= 4 is 23.4 Å². The van der Waals surface area contributed by atoms with Gasteiger partial charge < -0.3 is 0 Å². The number of nitrogens with one attached hydrogen (secondary N) is 2. The first-order valence-corrected chi connectivity index (χ1v) is 5.52. The number of carbonyl (C=O) groups excluding carboxylic acids is 2. The highest BCUT2D eigenvalue weighted by Gasteiger charge is 2.11. The van der Waals surface area contributed by atoms with Gasteiger partial charge in [-0.2, -0.15) is 0 Å².